The average molecular weight is 296 g/mol. The van der Waals surface area contributed by atoms with E-state index in [1.807, 2.05) is 31.2 Å². The molecule has 0 atom stereocenters. The van der Waals surface area contributed by atoms with E-state index in [4.69, 9.17) is 11.6 Å². The Morgan fingerprint density at radius 1 is 1.37 bits per heavy atom. The van der Waals surface area contributed by atoms with Gasteiger partial charge in [-0.3, -0.25) is 4.79 Å². The van der Waals surface area contributed by atoms with Crippen LogP contribution in [0.25, 0.3) is 10.9 Å². The number of thioether (sulfide) groups is 1. The highest BCUT2D eigenvalue weighted by molar-refractivity contribution is 8.00. The van der Waals surface area contributed by atoms with Gasteiger partial charge >= 0.3 is 0 Å². The molecule has 0 bridgehead atoms. The zero-order valence-corrected chi connectivity index (χ0v) is 12.1. The van der Waals surface area contributed by atoms with E-state index in [1.54, 1.807) is 0 Å². The number of amides is 1. The summed E-state index contributed by atoms with van der Waals surface area (Å²) in [6.07, 6.45) is 0.929. The van der Waals surface area contributed by atoms with Crippen LogP contribution in [0.2, 0.25) is 5.28 Å². The van der Waals surface area contributed by atoms with Crippen molar-refractivity contribution < 1.29 is 4.79 Å². The van der Waals surface area contributed by atoms with E-state index in [9.17, 15) is 4.79 Å². The van der Waals surface area contributed by atoms with Gasteiger partial charge in [0.1, 0.15) is 5.03 Å². The van der Waals surface area contributed by atoms with Crippen LogP contribution in [0.15, 0.2) is 29.3 Å². The number of benzene rings is 1. The van der Waals surface area contributed by atoms with Gasteiger partial charge in [-0.15, -0.1) is 0 Å². The second-order valence-corrected chi connectivity index (χ2v) is 5.26. The van der Waals surface area contributed by atoms with E-state index in [0.717, 1.165) is 22.3 Å². The van der Waals surface area contributed by atoms with Crippen molar-refractivity contribution in [3.8, 4) is 0 Å². The van der Waals surface area contributed by atoms with Crippen LogP contribution in [0.3, 0.4) is 0 Å². The molecular formula is C13H14ClN3OS. The van der Waals surface area contributed by atoms with Crippen LogP contribution >= 0.6 is 23.4 Å². The Morgan fingerprint density at radius 3 is 2.95 bits per heavy atom. The zero-order chi connectivity index (χ0) is 13.7. The molecule has 1 N–H and O–H groups in total. The van der Waals surface area contributed by atoms with E-state index in [2.05, 4.69) is 15.3 Å². The predicted octanol–water partition coefficient (Wildman–Crippen LogP) is 2.90. The topological polar surface area (TPSA) is 54.9 Å². The summed E-state index contributed by atoms with van der Waals surface area (Å²) in [5.41, 5.74) is 0.791. The molecule has 2 aromatic rings. The van der Waals surface area contributed by atoms with Gasteiger partial charge in [-0.2, -0.15) is 0 Å². The molecule has 0 aliphatic carbocycles. The van der Waals surface area contributed by atoms with Crippen LogP contribution in [0.1, 0.15) is 13.3 Å². The number of carbonyl (C=O) groups is 1. The third-order valence-corrected chi connectivity index (χ3v) is 3.61. The van der Waals surface area contributed by atoms with E-state index in [1.165, 1.54) is 11.8 Å². The minimum Gasteiger partial charge on any atom is -0.355 e. The van der Waals surface area contributed by atoms with Crippen LogP contribution in [0, 0.1) is 0 Å². The lowest BCUT2D eigenvalue weighted by Crippen LogP contribution is -2.25. The van der Waals surface area contributed by atoms with Crippen molar-refractivity contribution in [2.24, 2.45) is 0 Å². The Balaban J connectivity index is 2.14. The highest BCUT2D eigenvalue weighted by atomic mass is 35.5. The fraction of sp³-hybridized carbons (Fsp3) is 0.308. The van der Waals surface area contributed by atoms with Gasteiger partial charge in [0.25, 0.3) is 0 Å². The summed E-state index contributed by atoms with van der Waals surface area (Å²) in [7, 11) is 0. The number of fused-ring (bicyclic) bond motifs is 1. The zero-order valence-electron chi connectivity index (χ0n) is 10.5. The summed E-state index contributed by atoms with van der Waals surface area (Å²) >= 11 is 7.26. The minimum absolute atomic E-state index is 0.00525. The number of para-hydroxylation sites is 1. The van der Waals surface area contributed by atoms with Gasteiger partial charge in [-0.05, 0) is 24.1 Å². The largest absolute Gasteiger partial charge is 0.355 e. The van der Waals surface area contributed by atoms with Crippen LogP contribution in [-0.4, -0.2) is 28.2 Å². The molecule has 19 heavy (non-hydrogen) atoms. The van der Waals surface area contributed by atoms with E-state index < -0.39 is 0 Å². The second kappa shape index (κ2) is 6.73. The van der Waals surface area contributed by atoms with Crippen LogP contribution in [0.4, 0.5) is 0 Å². The van der Waals surface area contributed by atoms with Gasteiger partial charge in [0.2, 0.25) is 11.2 Å². The third kappa shape index (κ3) is 3.81. The Kier molecular flexibility index (Phi) is 4.99. The summed E-state index contributed by atoms with van der Waals surface area (Å²) in [5.74, 6) is 0.336. The molecule has 4 nitrogen and oxygen atoms in total. The highest BCUT2D eigenvalue weighted by Gasteiger charge is 2.09. The molecule has 0 fully saturated rings. The molecule has 1 aromatic carbocycles. The monoisotopic (exact) mass is 295 g/mol. The molecule has 0 aliphatic heterocycles. The first-order chi connectivity index (χ1) is 9.20. The second-order valence-electron chi connectivity index (χ2n) is 3.95. The number of hydrogen-bond acceptors (Lipinski definition) is 4. The van der Waals surface area contributed by atoms with Gasteiger partial charge in [0.15, 0.2) is 0 Å². The van der Waals surface area contributed by atoms with Crippen molar-refractivity contribution in [1.82, 2.24) is 15.3 Å². The van der Waals surface area contributed by atoms with Crippen LogP contribution < -0.4 is 5.32 Å². The van der Waals surface area contributed by atoms with E-state index >= 15 is 0 Å². The maximum absolute atomic E-state index is 11.6. The number of hydrogen-bond donors (Lipinski definition) is 1. The molecule has 1 amide bonds. The third-order valence-electron chi connectivity index (χ3n) is 2.45. The molecule has 0 saturated carbocycles. The molecule has 0 spiro atoms. The van der Waals surface area contributed by atoms with E-state index in [-0.39, 0.29) is 11.2 Å². The van der Waals surface area contributed by atoms with Crippen LogP contribution in [0.5, 0.6) is 0 Å². The molecule has 1 heterocycles. The SMILES string of the molecule is CCCNC(=O)CSc1nc(Cl)nc2ccccc12. The first-order valence-electron chi connectivity index (χ1n) is 6.02. The molecule has 100 valence electrons. The lowest BCUT2D eigenvalue weighted by Gasteiger charge is -2.06. The quantitative estimate of drug-likeness (QED) is 0.523. The standard InChI is InChI=1S/C13H14ClN3OS/c1-2-7-15-11(18)8-19-12-9-5-3-4-6-10(9)16-13(14)17-12/h3-6H,2,7-8H2,1H3,(H,15,18). The van der Waals surface area contributed by atoms with Crippen molar-refractivity contribution >= 4 is 40.2 Å². The van der Waals surface area contributed by atoms with Gasteiger partial charge in [0.05, 0.1) is 11.3 Å². The molecule has 0 saturated heterocycles. The molecule has 2 rings (SSSR count). The fourth-order valence-electron chi connectivity index (χ4n) is 1.58. The number of rotatable bonds is 5. The highest BCUT2D eigenvalue weighted by Crippen LogP contribution is 2.26. The Hall–Kier alpha value is -1.33. The molecule has 6 heteroatoms. The van der Waals surface area contributed by atoms with Crippen molar-refractivity contribution in [1.29, 1.82) is 0 Å². The van der Waals surface area contributed by atoms with Gasteiger partial charge in [0, 0.05) is 11.9 Å². The van der Waals surface area contributed by atoms with Gasteiger partial charge < -0.3 is 5.32 Å². The van der Waals surface area contributed by atoms with Crippen molar-refractivity contribution in [2.45, 2.75) is 18.4 Å². The minimum atomic E-state index is 0.00525. The predicted molar refractivity (Wildman–Crippen MR) is 78.6 cm³/mol. The Bertz CT molecular complexity index is 591. The maximum Gasteiger partial charge on any atom is 0.230 e. The van der Waals surface area contributed by atoms with Crippen molar-refractivity contribution in [2.75, 3.05) is 12.3 Å². The lowest BCUT2D eigenvalue weighted by atomic mass is 10.2. The maximum atomic E-state index is 11.6. The van der Waals surface area contributed by atoms with Gasteiger partial charge in [-0.1, -0.05) is 36.9 Å². The first kappa shape index (κ1) is 14.1. The lowest BCUT2D eigenvalue weighted by molar-refractivity contribution is -0.118. The Morgan fingerprint density at radius 2 is 2.16 bits per heavy atom. The summed E-state index contributed by atoms with van der Waals surface area (Å²) in [5, 5.41) is 4.69. The molecule has 0 aliphatic rings. The van der Waals surface area contributed by atoms with Crippen LogP contribution in [-0.2, 0) is 4.79 Å². The molecule has 1 aromatic heterocycles. The molecule has 0 unspecified atom stereocenters. The average Bonchev–Trinajstić information content (AvgIpc) is 2.42. The Labute approximate surface area is 121 Å². The smallest absolute Gasteiger partial charge is 0.230 e. The summed E-state index contributed by atoms with van der Waals surface area (Å²) in [6.45, 7) is 2.72. The summed E-state index contributed by atoms with van der Waals surface area (Å²) in [4.78, 5) is 19.9. The first-order valence-corrected chi connectivity index (χ1v) is 7.39. The number of nitrogens with zero attached hydrogens (tertiary/aromatic N) is 2. The normalized spacial score (nSPS) is 10.6. The van der Waals surface area contributed by atoms with Crippen molar-refractivity contribution in [3.05, 3.63) is 29.5 Å². The van der Waals surface area contributed by atoms with Gasteiger partial charge in [-0.25, -0.2) is 9.97 Å². The number of carbonyl (C=O) groups excluding carboxylic acids is 1. The fourth-order valence-corrected chi connectivity index (χ4v) is 2.65. The van der Waals surface area contributed by atoms with Crippen molar-refractivity contribution in [3.63, 3.8) is 0 Å². The number of aromatic nitrogens is 2. The summed E-state index contributed by atoms with van der Waals surface area (Å²) < 4.78 is 0. The summed E-state index contributed by atoms with van der Waals surface area (Å²) in [6, 6.07) is 7.62. The number of nitrogens with one attached hydrogen (secondary N) is 1. The number of halogens is 1. The van der Waals surface area contributed by atoms with E-state index in [0.29, 0.717) is 12.3 Å². The molecule has 0 radical (unpaired) electrons. The molecular weight excluding hydrogens is 282 g/mol.